The molecule has 2 aromatic heterocycles. The van der Waals surface area contributed by atoms with E-state index in [1.165, 1.54) is 4.63 Å². The van der Waals surface area contributed by atoms with Crippen LogP contribution in [0, 0.1) is 0 Å². The average molecular weight is 362 g/mol. The zero-order valence-corrected chi connectivity index (χ0v) is 13.8. The van der Waals surface area contributed by atoms with Crippen LogP contribution in [-0.2, 0) is 6.18 Å². The Labute approximate surface area is 147 Å². The Morgan fingerprint density at radius 3 is 2.54 bits per heavy atom. The molecule has 0 unspecified atom stereocenters. The molecule has 9 heteroatoms. The highest BCUT2D eigenvalue weighted by molar-refractivity contribution is 5.43. The fourth-order valence-corrected chi connectivity index (χ4v) is 3.54. The quantitative estimate of drug-likeness (QED) is 0.770. The summed E-state index contributed by atoms with van der Waals surface area (Å²) in [6.07, 6.45) is -0.323. The van der Waals surface area contributed by atoms with Crippen molar-refractivity contribution in [1.82, 2.24) is 25.3 Å². The number of hydrogen-bond donors (Lipinski definition) is 1. The van der Waals surface area contributed by atoms with Gasteiger partial charge in [0.2, 0.25) is 0 Å². The number of fused-ring (bicyclic) bond motifs is 1. The van der Waals surface area contributed by atoms with E-state index in [9.17, 15) is 13.2 Å². The third kappa shape index (κ3) is 3.33. The summed E-state index contributed by atoms with van der Waals surface area (Å²) in [5.74, 6) is 0.783. The van der Waals surface area contributed by atoms with Crippen molar-refractivity contribution in [2.75, 3.05) is 5.32 Å². The molecule has 0 bridgehead atoms. The molecule has 2 heterocycles. The number of halogens is 3. The predicted molar refractivity (Wildman–Crippen MR) is 88.6 cm³/mol. The van der Waals surface area contributed by atoms with Crippen molar-refractivity contribution in [1.29, 1.82) is 0 Å². The van der Waals surface area contributed by atoms with Crippen LogP contribution in [-0.4, -0.2) is 31.3 Å². The van der Waals surface area contributed by atoms with Gasteiger partial charge in [0.25, 0.3) is 0 Å². The highest BCUT2D eigenvalue weighted by atomic mass is 19.4. The zero-order chi connectivity index (χ0) is 18.1. The van der Waals surface area contributed by atoms with Crippen LogP contribution in [0.3, 0.4) is 0 Å². The van der Waals surface area contributed by atoms with Gasteiger partial charge in [-0.1, -0.05) is 25.0 Å². The van der Waals surface area contributed by atoms with E-state index in [1.807, 2.05) is 6.07 Å². The van der Waals surface area contributed by atoms with Crippen molar-refractivity contribution in [2.45, 2.75) is 43.8 Å². The summed E-state index contributed by atoms with van der Waals surface area (Å²) in [6.45, 7) is 0. The number of alkyl halides is 3. The average Bonchev–Trinajstić information content (AvgIpc) is 3.09. The SMILES string of the molecule is FC(F)(F)c1ccc([C@@H]2CCCC[C@H]2Nc2ccc3nnnn3n2)cc1. The molecule has 0 spiro atoms. The number of benzene rings is 1. The van der Waals surface area contributed by atoms with E-state index < -0.39 is 11.7 Å². The molecular formula is C17H17F3N6. The van der Waals surface area contributed by atoms with Crippen LogP contribution < -0.4 is 5.32 Å². The lowest BCUT2D eigenvalue weighted by molar-refractivity contribution is -0.137. The summed E-state index contributed by atoms with van der Waals surface area (Å²) >= 11 is 0. The lowest BCUT2D eigenvalue weighted by atomic mass is 9.80. The van der Waals surface area contributed by atoms with E-state index in [0.717, 1.165) is 43.4 Å². The van der Waals surface area contributed by atoms with Crippen molar-refractivity contribution < 1.29 is 13.2 Å². The number of rotatable bonds is 3. The summed E-state index contributed by atoms with van der Waals surface area (Å²) in [7, 11) is 0. The van der Waals surface area contributed by atoms with E-state index in [0.29, 0.717) is 11.5 Å². The van der Waals surface area contributed by atoms with Gasteiger partial charge in [0, 0.05) is 12.0 Å². The minimum atomic E-state index is -4.31. The van der Waals surface area contributed by atoms with Gasteiger partial charge in [-0.2, -0.15) is 13.2 Å². The first-order valence-electron chi connectivity index (χ1n) is 8.50. The van der Waals surface area contributed by atoms with Crippen LogP contribution in [0.15, 0.2) is 36.4 Å². The van der Waals surface area contributed by atoms with Gasteiger partial charge >= 0.3 is 6.18 Å². The van der Waals surface area contributed by atoms with Crippen molar-refractivity contribution in [3.05, 3.63) is 47.5 Å². The molecule has 2 atom stereocenters. The molecule has 0 saturated heterocycles. The molecule has 0 aliphatic heterocycles. The van der Waals surface area contributed by atoms with Crippen LogP contribution in [0.25, 0.3) is 5.65 Å². The molecule has 0 amide bonds. The van der Waals surface area contributed by atoms with Gasteiger partial charge in [-0.15, -0.1) is 14.8 Å². The van der Waals surface area contributed by atoms with Crippen LogP contribution in [0.5, 0.6) is 0 Å². The molecule has 1 aliphatic carbocycles. The second-order valence-electron chi connectivity index (χ2n) is 6.51. The molecule has 0 radical (unpaired) electrons. The maximum absolute atomic E-state index is 12.8. The van der Waals surface area contributed by atoms with E-state index in [2.05, 4.69) is 25.9 Å². The monoisotopic (exact) mass is 362 g/mol. The molecule has 1 fully saturated rings. The molecule has 6 nitrogen and oxygen atoms in total. The minimum Gasteiger partial charge on any atom is -0.365 e. The van der Waals surface area contributed by atoms with Crippen LogP contribution >= 0.6 is 0 Å². The summed E-state index contributed by atoms with van der Waals surface area (Å²) < 4.78 is 39.7. The number of anilines is 1. The van der Waals surface area contributed by atoms with E-state index in [1.54, 1.807) is 18.2 Å². The van der Waals surface area contributed by atoms with Crippen LogP contribution in [0.4, 0.5) is 19.0 Å². The van der Waals surface area contributed by atoms with E-state index in [-0.39, 0.29) is 12.0 Å². The van der Waals surface area contributed by atoms with Crippen LogP contribution in [0.1, 0.15) is 42.7 Å². The van der Waals surface area contributed by atoms with Gasteiger partial charge in [0.15, 0.2) is 5.65 Å². The maximum Gasteiger partial charge on any atom is 0.416 e. The number of nitrogens with one attached hydrogen (secondary N) is 1. The lowest BCUT2D eigenvalue weighted by Gasteiger charge is -2.33. The number of hydrogen-bond acceptors (Lipinski definition) is 5. The smallest absolute Gasteiger partial charge is 0.365 e. The Balaban J connectivity index is 1.56. The molecular weight excluding hydrogens is 345 g/mol. The predicted octanol–water partition coefficient (Wildman–Crippen LogP) is 3.68. The first kappa shape index (κ1) is 16.7. The molecule has 26 heavy (non-hydrogen) atoms. The van der Waals surface area contributed by atoms with Crippen molar-refractivity contribution in [3.8, 4) is 0 Å². The second-order valence-corrected chi connectivity index (χ2v) is 6.51. The summed E-state index contributed by atoms with van der Waals surface area (Å²) in [5.41, 5.74) is 0.851. The van der Waals surface area contributed by atoms with Crippen molar-refractivity contribution in [2.24, 2.45) is 0 Å². The van der Waals surface area contributed by atoms with Gasteiger partial charge in [-0.25, -0.2) is 0 Å². The maximum atomic E-state index is 12.8. The fourth-order valence-electron chi connectivity index (χ4n) is 3.54. The van der Waals surface area contributed by atoms with Gasteiger partial charge in [-0.05, 0) is 53.1 Å². The molecule has 1 aromatic carbocycles. The number of nitrogens with zero attached hydrogens (tertiary/aromatic N) is 5. The summed E-state index contributed by atoms with van der Waals surface area (Å²) in [6, 6.07) is 9.17. The summed E-state index contributed by atoms with van der Waals surface area (Å²) in [4.78, 5) is 0. The second kappa shape index (κ2) is 6.54. The minimum absolute atomic E-state index is 0.0990. The molecule has 3 aromatic rings. The number of aromatic nitrogens is 5. The highest BCUT2D eigenvalue weighted by Crippen LogP contribution is 2.36. The zero-order valence-electron chi connectivity index (χ0n) is 13.8. The van der Waals surface area contributed by atoms with Gasteiger partial charge in [-0.3, -0.25) is 0 Å². The number of tetrazole rings is 1. The van der Waals surface area contributed by atoms with Crippen molar-refractivity contribution >= 4 is 11.5 Å². The third-order valence-electron chi connectivity index (χ3n) is 4.83. The van der Waals surface area contributed by atoms with Gasteiger partial charge in [0.1, 0.15) is 5.82 Å². The standard InChI is InChI=1S/C17H17F3N6/c18-17(19,20)12-7-5-11(6-8-12)13-3-1-2-4-14(13)21-15-9-10-16-22-24-25-26(16)23-15/h5-10,13-14H,1-4H2,(H,21,23)/t13-,14+/m0/s1. The lowest BCUT2D eigenvalue weighted by Crippen LogP contribution is -2.31. The Morgan fingerprint density at radius 2 is 1.77 bits per heavy atom. The van der Waals surface area contributed by atoms with E-state index in [4.69, 9.17) is 0 Å². The first-order chi connectivity index (χ1) is 12.5. The Kier molecular flexibility index (Phi) is 4.21. The molecule has 136 valence electrons. The highest BCUT2D eigenvalue weighted by Gasteiger charge is 2.31. The normalized spacial score (nSPS) is 21.0. The molecule has 4 rings (SSSR count). The van der Waals surface area contributed by atoms with E-state index >= 15 is 0 Å². The Hall–Kier alpha value is -2.71. The summed E-state index contributed by atoms with van der Waals surface area (Å²) in [5, 5.41) is 18.9. The fraction of sp³-hybridized carbons (Fsp3) is 0.412. The Bertz CT molecular complexity index is 889. The topological polar surface area (TPSA) is 68.0 Å². The largest absolute Gasteiger partial charge is 0.416 e. The van der Waals surface area contributed by atoms with Crippen molar-refractivity contribution in [3.63, 3.8) is 0 Å². The molecule has 1 aliphatic rings. The Morgan fingerprint density at radius 1 is 1.00 bits per heavy atom. The molecule has 1 N–H and O–H groups in total. The van der Waals surface area contributed by atoms with Crippen LogP contribution in [0.2, 0.25) is 0 Å². The molecule has 1 saturated carbocycles. The van der Waals surface area contributed by atoms with Gasteiger partial charge < -0.3 is 5.32 Å². The third-order valence-corrected chi connectivity index (χ3v) is 4.83. The van der Waals surface area contributed by atoms with Gasteiger partial charge in [0.05, 0.1) is 5.56 Å². The first-order valence-corrected chi connectivity index (χ1v) is 8.50.